The minimum Gasteiger partial charge on any atom is -0.354 e. The van der Waals surface area contributed by atoms with E-state index in [1.165, 1.54) is 5.56 Å². The molecule has 0 saturated carbocycles. The van der Waals surface area contributed by atoms with Crippen molar-refractivity contribution in [3.63, 3.8) is 0 Å². The highest BCUT2D eigenvalue weighted by Gasteiger charge is 2.06. The molecular weight excluding hydrogens is 248 g/mol. The smallest absolute Gasteiger partial charge is 0.221 e. The van der Waals surface area contributed by atoms with Crippen LogP contribution in [-0.4, -0.2) is 18.5 Å². The van der Waals surface area contributed by atoms with Crippen LogP contribution < -0.4 is 10.6 Å². The van der Waals surface area contributed by atoms with E-state index in [1.54, 1.807) is 0 Å². The maximum atomic E-state index is 11.4. The number of benzene rings is 1. The Hall–Kier alpha value is -1.06. The number of rotatable bonds is 6. The van der Waals surface area contributed by atoms with Gasteiger partial charge in [0, 0.05) is 30.1 Å². The van der Waals surface area contributed by atoms with Gasteiger partial charge in [0.15, 0.2) is 0 Å². The Balaban J connectivity index is 2.31. The minimum absolute atomic E-state index is 0.0841. The molecule has 1 amide bonds. The van der Waals surface area contributed by atoms with Gasteiger partial charge in [0.25, 0.3) is 0 Å². The van der Waals surface area contributed by atoms with Gasteiger partial charge in [-0.2, -0.15) is 0 Å². The molecular formula is C14H21ClN2O. The maximum absolute atomic E-state index is 11.4. The van der Waals surface area contributed by atoms with Gasteiger partial charge in [-0.3, -0.25) is 4.79 Å². The number of amides is 1. The molecule has 0 aliphatic carbocycles. The highest BCUT2D eigenvalue weighted by atomic mass is 35.5. The third-order valence-electron chi connectivity index (χ3n) is 2.62. The third kappa shape index (κ3) is 5.52. The van der Waals surface area contributed by atoms with Gasteiger partial charge in [0.05, 0.1) is 0 Å². The van der Waals surface area contributed by atoms with Gasteiger partial charge in [-0.15, -0.1) is 0 Å². The summed E-state index contributed by atoms with van der Waals surface area (Å²) in [7, 11) is 0. The molecule has 0 aliphatic heterocycles. The first-order valence-electron chi connectivity index (χ1n) is 6.27. The molecule has 0 heterocycles. The van der Waals surface area contributed by atoms with Crippen LogP contribution in [0.1, 0.15) is 38.8 Å². The van der Waals surface area contributed by atoms with Crippen molar-refractivity contribution in [2.45, 2.75) is 39.3 Å². The summed E-state index contributed by atoms with van der Waals surface area (Å²) in [6, 6.07) is 8.16. The molecule has 0 aromatic heterocycles. The maximum Gasteiger partial charge on any atom is 0.221 e. The van der Waals surface area contributed by atoms with Crippen LogP contribution in [-0.2, 0) is 4.79 Å². The zero-order valence-electron chi connectivity index (χ0n) is 11.2. The van der Waals surface area contributed by atoms with E-state index in [4.69, 9.17) is 11.6 Å². The number of hydrogen-bond donors (Lipinski definition) is 2. The molecule has 1 aromatic rings. The molecule has 0 saturated heterocycles. The molecule has 1 rings (SSSR count). The molecule has 0 bridgehead atoms. The van der Waals surface area contributed by atoms with Crippen molar-refractivity contribution in [2.24, 2.45) is 0 Å². The molecule has 100 valence electrons. The van der Waals surface area contributed by atoms with E-state index in [9.17, 15) is 4.79 Å². The highest BCUT2D eigenvalue weighted by molar-refractivity contribution is 6.30. The molecule has 1 aromatic carbocycles. The zero-order chi connectivity index (χ0) is 13.5. The van der Waals surface area contributed by atoms with Gasteiger partial charge in [0.1, 0.15) is 0 Å². The summed E-state index contributed by atoms with van der Waals surface area (Å²) in [6.45, 7) is 6.66. The average Bonchev–Trinajstić information content (AvgIpc) is 2.28. The highest BCUT2D eigenvalue weighted by Crippen LogP contribution is 2.15. The van der Waals surface area contributed by atoms with E-state index >= 15 is 0 Å². The first-order chi connectivity index (χ1) is 8.49. The summed E-state index contributed by atoms with van der Waals surface area (Å²) < 4.78 is 0. The normalized spacial score (nSPS) is 12.5. The third-order valence-corrected chi connectivity index (χ3v) is 2.87. The lowest BCUT2D eigenvalue weighted by atomic mass is 10.1. The number of halogens is 1. The Labute approximate surface area is 114 Å². The second-order valence-corrected chi connectivity index (χ2v) is 5.14. The van der Waals surface area contributed by atoms with Crippen molar-refractivity contribution >= 4 is 17.5 Å². The van der Waals surface area contributed by atoms with Gasteiger partial charge in [-0.25, -0.2) is 0 Å². The molecule has 2 N–H and O–H groups in total. The summed E-state index contributed by atoms with van der Waals surface area (Å²) in [4.78, 5) is 11.4. The summed E-state index contributed by atoms with van der Waals surface area (Å²) in [6.07, 6.45) is 0.496. The Morgan fingerprint density at radius 3 is 2.39 bits per heavy atom. The van der Waals surface area contributed by atoms with Gasteiger partial charge in [0.2, 0.25) is 5.91 Å². The van der Waals surface area contributed by atoms with Crippen molar-refractivity contribution in [2.75, 3.05) is 6.54 Å². The van der Waals surface area contributed by atoms with Crippen molar-refractivity contribution in [1.29, 1.82) is 0 Å². The van der Waals surface area contributed by atoms with E-state index in [0.717, 1.165) is 5.02 Å². The van der Waals surface area contributed by atoms with Crippen LogP contribution in [0.2, 0.25) is 5.02 Å². The minimum atomic E-state index is 0.0841. The van der Waals surface area contributed by atoms with Crippen LogP contribution in [0.25, 0.3) is 0 Å². The Bertz CT molecular complexity index is 376. The summed E-state index contributed by atoms with van der Waals surface area (Å²) in [5, 5.41) is 6.92. The Morgan fingerprint density at radius 1 is 1.22 bits per heavy atom. The lowest BCUT2D eigenvalue weighted by molar-refractivity contribution is -0.121. The van der Waals surface area contributed by atoms with Crippen LogP contribution in [0, 0.1) is 0 Å². The SMILES string of the molecule is CC(C)NC(=O)CCN[C@@H](C)c1ccc(Cl)cc1. The van der Waals surface area contributed by atoms with Crippen LogP contribution in [0.5, 0.6) is 0 Å². The summed E-state index contributed by atoms with van der Waals surface area (Å²) in [5.41, 5.74) is 1.17. The topological polar surface area (TPSA) is 41.1 Å². The zero-order valence-corrected chi connectivity index (χ0v) is 11.9. The Kier molecular flexibility index (Phi) is 6.16. The van der Waals surface area contributed by atoms with Crippen LogP contribution in [0.4, 0.5) is 0 Å². The number of carbonyl (C=O) groups is 1. The van der Waals surface area contributed by atoms with Crippen LogP contribution in [0.15, 0.2) is 24.3 Å². The van der Waals surface area contributed by atoms with Crippen molar-refractivity contribution < 1.29 is 4.79 Å². The summed E-state index contributed by atoms with van der Waals surface area (Å²) in [5.74, 6) is 0.0841. The molecule has 0 fully saturated rings. The molecule has 3 nitrogen and oxygen atoms in total. The number of carbonyl (C=O) groups excluding carboxylic acids is 1. The molecule has 0 unspecified atom stereocenters. The predicted octanol–water partition coefficient (Wildman–Crippen LogP) is 2.91. The van der Waals surface area contributed by atoms with Crippen LogP contribution >= 0.6 is 11.6 Å². The second kappa shape index (κ2) is 7.39. The first-order valence-corrected chi connectivity index (χ1v) is 6.65. The largest absolute Gasteiger partial charge is 0.354 e. The lowest BCUT2D eigenvalue weighted by Gasteiger charge is -2.14. The standard InChI is InChI=1S/C14H21ClN2O/c1-10(2)17-14(18)8-9-16-11(3)12-4-6-13(15)7-5-12/h4-7,10-11,16H,8-9H2,1-3H3,(H,17,18)/t11-/m0/s1. The predicted molar refractivity (Wildman–Crippen MR) is 75.8 cm³/mol. The van der Waals surface area contributed by atoms with E-state index in [-0.39, 0.29) is 18.0 Å². The number of hydrogen-bond acceptors (Lipinski definition) is 2. The van der Waals surface area contributed by atoms with Gasteiger partial charge < -0.3 is 10.6 Å². The summed E-state index contributed by atoms with van der Waals surface area (Å²) >= 11 is 5.84. The Morgan fingerprint density at radius 2 is 1.83 bits per heavy atom. The second-order valence-electron chi connectivity index (χ2n) is 4.70. The molecule has 0 aliphatic rings. The molecule has 1 atom stereocenters. The average molecular weight is 269 g/mol. The van der Waals surface area contributed by atoms with E-state index in [2.05, 4.69) is 17.6 Å². The van der Waals surface area contributed by atoms with Crippen molar-refractivity contribution in [3.05, 3.63) is 34.9 Å². The van der Waals surface area contributed by atoms with E-state index < -0.39 is 0 Å². The van der Waals surface area contributed by atoms with E-state index in [1.807, 2.05) is 38.1 Å². The molecule has 0 spiro atoms. The quantitative estimate of drug-likeness (QED) is 0.833. The van der Waals surface area contributed by atoms with Crippen molar-refractivity contribution in [1.82, 2.24) is 10.6 Å². The molecule has 4 heteroatoms. The van der Waals surface area contributed by atoms with Gasteiger partial charge >= 0.3 is 0 Å². The van der Waals surface area contributed by atoms with Crippen molar-refractivity contribution in [3.8, 4) is 0 Å². The fourth-order valence-corrected chi connectivity index (χ4v) is 1.79. The first kappa shape index (κ1) is 15.0. The fourth-order valence-electron chi connectivity index (χ4n) is 1.67. The van der Waals surface area contributed by atoms with E-state index in [0.29, 0.717) is 13.0 Å². The van der Waals surface area contributed by atoms with Crippen LogP contribution in [0.3, 0.4) is 0 Å². The monoisotopic (exact) mass is 268 g/mol. The molecule has 18 heavy (non-hydrogen) atoms. The number of nitrogens with one attached hydrogen (secondary N) is 2. The lowest BCUT2D eigenvalue weighted by Crippen LogP contribution is -2.33. The van der Waals surface area contributed by atoms with Gasteiger partial charge in [-0.05, 0) is 38.5 Å². The fraction of sp³-hybridized carbons (Fsp3) is 0.500. The molecule has 0 radical (unpaired) electrons. The van der Waals surface area contributed by atoms with Gasteiger partial charge in [-0.1, -0.05) is 23.7 Å².